The minimum Gasteiger partial charge on any atom is -0.413 e. The van der Waals surface area contributed by atoms with E-state index in [1.54, 1.807) is 0 Å². The van der Waals surface area contributed by atoms with Gasteiger partial charge in [-0.25, -0.2) is 0 Å². The third-order valence-electron chi connectivity index (χ3n) is 11.4. The zero-order valence-electron chi connectivity index (χ0n) is 27.2. The van der Waals surface area contributed by atoms with E-state index in [-0.39, 0.29) is 40.9 Å². The highest BCUT2D eigenvalue weighted by atomic mass is 32.2. The van der Waals surface area contributed by atoms with Gasteiger partial charge in [-0.2, -0.15) is 8.42 Å². The van der Waals surface area contributed by atoms with E-state index in [0.29, 0.717) is 17.8 Å². The molecule has 0 amide bonds. The van der Waals surface area contributed by atoms with Crippen LogP contribution in [0.1, 0.15) is 86.5 Å². The Balaban J connectivity index is 1.60. The highest BCUT2D eigenvalue weighted by Gasteiger charge is 2.71. The van der Waals surface area contributed by atoms with Crippen molar-refractivity contribution in [1.82, 2.24) is 0 Å². The summed E-state index contributed by atoms with van der Waals surface area (Å²) in [6.45, 7) is 23.5. The largest absolute Gasteiger partial charge is 0.413 e. The standard InChI is InChI=1S/C31H58O6SSi2/c1-29(2,3)39(8,9)36-26(22-15-13-12-14-16-22)18-17-23-25-20-31(21-34-38(7,32)33)28(35-31)24(25)19-27(23)37-40(10,11)30(4,5)6/h17-18,22-28H,12-16,19-21H2,1-11H3/t23-,24-,25+,26+,27+,28?,31?/m0/s1. The molecule has 40 heavy (non-hydrogen) atoms. The smallest absolute Gasteiger partial charge is 0.264 e. The van der Waals surface area contributed by atoms with Gasteiger partial charge in [-0.05, 0) is 79.7 Å². The summed E-state index contributed by atoms with van der Waals surface area (Å²) >= 11 is 0. The van der Waals surface area contributed by atoms with Crippen LogP contribution in [-0.2, 0) is 27.9 Å². The summed E-state index contributed by atoms with van der Waals surface area (Å²) in [4.78, 5) is 0. The Hall–Kier alpha value is -0.0362. The number of fused-ring (bicyclic) bond motifs is 3. The minimum atomic E-state index is -3.50. The second kappa shape index (κ2) is 11.2. The molecule has 1 aliphatic heterocycles. The van der Waals surface area contributed by atoms with Crippen molar-refractivity contribution in [2.45, 2.75) is 147 Å². The lowest BCUT2D eigenvalue weighted by molar-refractivity contribution is 0.115. The van der Waals surface area contributed by atoms with Crippen LogP contribution in [0.5, 0.6) is 0 Å². The number of rotatable bonds is 10. The first kappa shape index (κ1) is 32.9. The van der Waals surface area contributed by atoms with Crippen LogP contribution in [0.25, 0.3) is 0 Å². The van der Waals surface area contributed by atoms with Crippen molar-refractivity contribution in [3.63, 3.8) is 0 Å². The first-order chi connectivity index (χ1) is 18.2. The summed E-state index contributed by atoms with van der Waals surface area (Å²) in [5.74, 6) is 1.64. The van der Waals surface area contributed by atoms with Crippen molar-refractivity contribution in [2.24, 2.45) is 23.7 Å². The molecule has 0 N–H and O–H groups in total. The number of ether oxygens (including phenoxy) is 1. The van der Waals surface area contributed by atoms with Crippen molar-refractivity contribution < 1.29 is 26.2 Å². The first-order valence-electron chi connectivity index (χ1n) is 15.7. The Morgan fingerprint density at radius 3 is 2.10 bits per heavy atom. The average Bonchev–Trinajstić information content (AvgIpc) is 3.30. The summed E-state index contributed by atoms with van der Waals surface area (Å²) in [5, 5.41) is 0.300. The third-order valence-corrected chi connectivity index (χ3v) is 20.9. The molecular formula is C31H58O6SSi2. The number of hydrogen-bond donors (Lipinski definition) is 0. The maximum atomic E-state index is 11.8. The molecule has 0 aromatic rings. The van der Waals surface area contributed by atoms with Gasteiger partial charge in [-0.3, -0.25) is 4.18 Å². The molecule has 0 bridgehead atoms. The predicted octanol–water partition coefficient (Wildman–Crippen LogP) is 7.67. The molecule has 4 aliphatic rings. The van der Waals surface area contributed by atoms with Gasteiger partial charge in [-0.1, -0.05) is 73.0 Å². The van der Waals surface area contributed by atoms with Gasteiger partial charge in [0.05, 0.1) is 31.2 Å². The summed E-state index contributed by atoms with van der Waals surface area (Å²) in [6.07, 6.45) is 14.6. The lowest BCUT2D eigenvalue weighted by atomic mass is 9.84. The molecule has 4 rings (SSSR count). The molecule has 0 radical (unpaired) electrons. The molecule has 4 fully saturated rings. The van der Waals surface area contributed by atoms with Gasteiger partial charge in [0.2, 0.25) is 0 Å². The second-order valence-corrected chi connectivity index (χ2v) is 27.6. The van der Waals surface area contributed by atoms with E-state index < -0.39 is 32.4 Å². The highest BCUT2D eigenvalue weighted by molar-refractivity contribution is 7.85. The monoisotopic (exact) mass is 614 g/mol. The van der Waals surface area contributed by atoms with Crippen molar-refractivity contribution >= 4 is 26.8 Å². The third kappa shape index (κ3) is 7.02. The molecule has 1 heterocycles. The maximum Gasteiger partial charge on any atom is 0.264 e. The van der Waals surface area contributed by atoms with E-state index in [0.717, 1.165) is 19.1 Å². The molecule has 0 aromatic heterocycles. The van der Waals surface area contributed by atoms with E-state index in [4.69, 9.17) is 17.8 Å². The zero-order chi connectivity index (χ0) is 29.9. The molecule has 232 valence electrons. The lowest BCUT2D eigenvalue weighted by Crippen LogP contribution is -2.46. The average molecular weight is 615 g/mol. The van der Waals surface area contributed by atoms with Crippen LogP contribution in [0, 0.1) is 23.7 Å². The Morgan fingerprint density at radius 2 is 1.55 bits per heavy atom. The van der Waals surface area contributed by atoms with Crippen molar-refractivity contribution in [3.8, 4) is 0 Å². The van der Waals surface area contributed by atoms with Gasteiger partial charge < -0.3 is 13.6 Å². The van der Waals surface area contributed by atoms with Gasteiger partial charge in [0.25, 0.3) is 10.1 Å². The van der Waals surface area contributed by atoms with Crippen LogP contribution < -0.4 is 0 Å². The molecule has 9 heteroatoms. The summed E-state index contributed by atoms with van der Waals surface area (Å²) in [5.41, 5.74) is -0.452. The molecule has 3 aliphatic carbocycles. The highest BCUT2D eigenvalue weighted by Crippen LogP contribution is 2.64. The van der Waals surface area contributed by atoms with Crippen LogP contribution in [0.15, 0.2) is 12.2 Å². The molecule has 2 unspecified atom stereocenters. The van der Waals surface area contributed by atoms with E-state index in [9.17, 15) is 8.42 Å². The summed E-state index contributed by atoms with van der Waals surface area (Å²) < 4.78 is 49.2. The lowest BCUT2D eigenvalue weighted by Gasteiger charge is -2.42. The molecule has 0 spiro atoms. The van der Waals surface area contributed by atoms with Crippen LogP contribution in [-0.4, -0.2) is 61.8 Å². The van der Waals surface area contributed by atoms with Crippen LogP contribution >= 0.6 is 0 Å². The van der Waals surface area contributed by atoms with Crippen molar-refractivity contribution in [3.05, 3.63) is 12.2 Å². The van der Waals surface area contributed by atoms with Gasteiger partial charge in [0.1, 0.15) is 5.60 Å². The molecule has 6 nitrogen and oxygen atoms in total. The fourth-order valence-electron chi connectivity index (χ4n) is 6.90. The van der Waals surface area contributed by atoms with E-state index in [1.807, 2.05) is 0 Å². The molecule has 7 atom stereocenters. The van der Waals surface area contributed by atoms with Gasteiger partial charge in [-0.15, -0.1) is 0 Å². The Labute approximate surface area is 247 Å². The second-order valence-electron chi connectivity index (χ2n) is 16.5. The maximum absolute atomic E-state index is 11.8. The predicted molar refractivity (Wildman–Crippen MR) is 168 cm³/mol. The number of epoxide rings is 1. The molecule has 0 aromatic carbocycles. The van der Waals surface area contributed by atoms with Crippen molar-refractivity contribution in [2.75, 3.05) is 12.9 Å². The fourth-order valence-corrected chi connectivity index (χ4v) is 9.98. The normalized spacial score (nSPS) is 34.7. The van der Waals surface area contributed by atoms with E-state index in [1.165, 1.54) is 32.1 Å². The zero-order valence-corrected chi connectivity index (χ0v) is 30.0. The molecular weight excluding hydrogens is 557 g/mol. The van der Waals surface area contributed by atoms with Crippen LogP contribution in [0.2, 0.25) is 36.3 Å². The quantitative estimate of drug-likeness (QED) is 0.109. The summed E-state index contributed by atoms with van der Waals surface area (Å²) in [7, 11) is -7.43. The van der Waals surface area contributed by atoms with Gasteiger partial charge in [0, 0.05) is 5.92 Å². The summed E-state index contributed by atoms with van der Waals surface area (Å²) in [6, 6.07) is 0. The van der Waals surface area contributed by atoms with Crippen LogP contribution in [0.4, 0.5) is 0 Å². The van der Waals surface area contributed by atoms with Gasteiger partial charge >= 0.3 is 0 Å². The van der Waals surface area contributed by atoms with E-state index >= 15 is 0 Å². The fraction of sp³-hybridized carbons (Fsp3) is 0.935. The van der Waals surface area contributed by atoms with E-state index in [2.05, 4.69) is 79.9 Å². The topological polar surface area (TPSA) is 74.4 Å². The number of hydrogen-bond acceptors (Lipinski definition) is 6. The van der Waals surface area contributed by atoms with Crippen LogP contribution in [0.3, 0.4) is 0 Å². The first-order valence-corrected chi connectivity index (χ1v) is 23.4. The molecule has 3 saturated carbocycles. The SMILES string of the molecule is CC(C)(C)[Si](C)(C)O[C@H](C=C[C@H]1[C@H]2CC3(COS(C)(=O)=O)OC3[C@H]2C[C@H]1O[Si](C)(C)C(C)(C)C)C1CCCCC1. The Morgan fingerprint density at radius 1 is 0.950 bits per heavy atom. The van der Waals surface area contributed by atoms with Crippen molar-refractivity contribution in [1.29, 1.82) is 0 Å². The Kier molecular flexibility index (Phi) is 9.16. The van der Waals surface area contributed by atoms with Gasteiger partial charge in [0.15, 0.2) is 16.6 Å². The minimum absolute atomic E-state index is 0.0702. The molecule has 1 saturated heterocycles. The Bertz CT molecular complexity index is 1040.